The molecule has 0 fully saturated rings. The highest BCUT2D eigenvalue weighted by atomic mass is 16.5. The molecular formula is C10H18O3. The van der Waals surface area contributed by atoms with E-state index in [1.165, 1.54) is 0 Å². The minimum Gasteiger partial charge on any atom is -0.466 e. The molecule has 0 radical (unpaired) electrons. The van der Waals surface area contributed by atoms with Gasteiger partial charge in [-0.3, -0.25) is 4.79 Å². The van der Waals surface area contributed by atoms with Gasteiger partial charge >= 0.3 is 5.97 Å². The van der Waals surface area contributed by atoms with E-state index >= 15 is 0 Å². The second kappa shape index (κ2) is 7.80. The molecule has 0 aliphatic heterocycles. The number of esters is 1. The van der Waals surface area contributed by atoms with E-state index < -0.39 is 0 Å². The molecule has 0 unspecified atom stereocenters. The molecule has 76 valence electrons. The van der Waals surface area contributed by atoms with E-state index in [2.05, 4.69) is 6.58 Å². The molecule has 0 atom stereocenters. The highest BCUT2D eigenvalue weighted by Gasteiger charge is 2.00. The molecule has 3 nitrogen and oxygen atoms in total. The van der Waals surface area contributed by atoms with Crippen LogP contribution < -0.4 is 0 Å². The lowest BCUT2D eigenvalue weighted by atomic mass is 10.3. The van der Waals surface area contributed by atoms with Gasteiger partial charge in [0.1, 0.15) is 0 Å². The molecule has 0 aromatic carbocycles. The van der Waals surface area contributed by atoms with Crippen LogP contribution in [0.25, 0.3) is 0 Å². The Hall–Kier alpha value is -0.830. The fourth-order valence-electron chi connectivity index (χ4n) is 0.737. The third-order valence-electron chi connectivity index (χ3n) is 1.43. The second-order valence-corrected chi connectivity index (χ2v) is 2.87. The van der Waals surface area contributed by atoms with E-state index in [0.717, 1.165) is 12.0 Å². The van der Waals surface area contributed by atoms with Crippen molar-refractivity contribution in [3.8, 4) is 0 Å². The third kappa shape index (κ3) is 9.08. The number of carbonyl (C=O) groups excluding carboxylic acids is 1. The average Bonchev–Trinajstić information content (AvgIpc) is 2.03. The minimum atomic E-state index is -0.196. The Balaban J connectivity index is 3.16. The summed E-state index contributed by atoms with van der Waals surface area (Å²) >= 11 is 0. The molecule has 0 aromatic rings. The van der Waals surface area contributed by atoms with E-state index in [1.807, 2.05) is 6.92 Å². The molecule has 0 aliphatic rings. The molecule has 13 heavy (non-hydrogen) atoms. The summed E-state index contributed by atoms with van der Waals surface area (Å²) in [7, 11) is 0. The van der Waals surface area contributed by atoms with Gasteiger partial charge in [-0.2, -0.15) is 0 Å². The molecule has 0 amide bonds. The third-order valence-corrected chi connectivity index (χ3v) is 1.43. The summed E-state index contributed by atoms with van der Waals surface area (Å²) in [4.78, 5) is 10.8. The Labute approximate surface area is 79.7 Å². The minimum absolute atomic E-state index is 0.196. The van der Waals surface area contributed by atoms with Crippen LogP contribution in [0.15, 0.2) is 12.2 Å². The van der Waals surface area contributed by atoms with Gasteiger partial charge in [-0.25, -0.2) is 0 Å². The first-order valence-corrected chi connectivity index (χ1v) is 4.54. The van der Waals surface area contributed by atoms with Gasteiger partial charge in [-0.1, -0.05) is 5.57 Å². The van der Waals surface area contributed by atoms with Gasteiger partial charge < -0.3 is 9.47 Å². The monoisotopic (exact) mass is 186 g/mol. The SMILES string of the molecule is C=C(C)CCOCCC(=O)OCC. The van der Waals surface area contributed by atoms with Crippen molar-refractivity contribution in [3.05, 3.63) is 12.2 Å². The maximum atomic E-state index is 10.8. The summed E-state index contributed by atoms with van der Waals surface area (Å²) in [5.74, 6) is -0.196. The first kappa shape index (κ1) is 12.2. The summed E-state index contributed by atoms with van der Waals surface area (Å²) in [6.45, 7) is 9.00. The zero-order valence-corrected chi connectivity index (χ0v) is 8.47. The Bertz CT molecular complexity index is 164. The smallest absolute Gasteiger partial charge is 0.308 e. The molecule has 0 N–H and O–H groups in total. The van der Waals surface area contributed by atoms with Crippen molar-refractivity contribution in [1.29, 1.82) is 0 Å². The van der Waals surface area contributed by atoms with E-state index in [1.54, 1.807) is 6.92 Å². The fourth-order valence-corrected chi connectivity index (χ4v) is 0.737. The molecule has 0 rings (SSSR count). The molecule has 0 bridgehead atoms. The number of carbonyl (C=O) groups is 1. The van der Waals surface area contributed by atoms with Crippen LogP contribution in [0.5, 0.6) is 0 Å². The second-order valence-electron chi connectivity index (χ2n) is 2.87. The molecule has 3 heteroatoms. The molecular weight excluding hydrogens is 168 g/mol. The van der Waals surface area contributed by atoms with Crippen molar-refractivity contribution in [3.63, 3.8) is 0 Å². The average molecular weight is 186 g/mol. The Morgan fingerprint density at radius 2 is 1.92 bits per heavy atom. The van der Waals surface area contributed by atoms with Crippen LogP contribution >= 0.6 is 0 Å². The van der Waals surface area contributed by atoms with Crippen molar-refractivity contribution >= 4 is 5.97 Å². The van der Waals surface area contributed by atoms with Crippen LogP contribution in [0.2, 0.25) is 0 Å². The van der Waals surface area contributed by atoms with Gasteiger partial charge in [0.25, 0.3) is 0 Å². The topological polar surface area (TPSA) is 35.5 Å². The number of hydrogen-bond acceptors (Lipinski definition) is 3. The van der Waals surface area contributed by atoms with Crippen molar-refractivity contribution in [1.82, 2.24) is 0 Å². The van der Waals surface area contributed by atoms with Crippen molar-refractivity contribution in [2.45, 2.75) is 26.7 Å². The molecule has 0 saturated carbocycles. The van der Waals surface area contributed by atoms with E-state index in [4.69, 9.17) is 9.47 Å². The lowest BCUT2D eigenvalue weighted by Gasteiger charge is -2.03. The van der Waals surface area contributed by atoms with Crippen LogP contribution in [0.4, 0.5) is 0 Å². The van der Waals surface area contributed by atoms with Gasteiger partial charge in [-0.05, 0) is 20.3 Å². The maximum Gasteiger partial charge on any atom is 0.308 e. The Kier molecular flexibility index (Phi) is 7.30. The zero-order valence-electron chi connectivity index (χ0n) is 8.47. The largest absolute Gasteiger partial charge is 0.466 e. The van der Waals surface area contributed by atoms with Crippen LogP contribution in [0.1, 0.15) is 26.7 Å². The summed E-state index contributed by atoms with van der Waals surface area (Å²) < 4.78 is 9.93. The molecule has 0 spiro atoms. The highest BCUT2D eigenvalue weighted by Crippen LogP contribution is 1.96. The number of ether oxygens (including phenoxy) is 2. The predicted molar refractivity (Wildman–Crippen MR) is 51.5 cm³/mol. The zero-order chi connectivity index (χ0) is 10.1. The molecule has 0 aromatic heterocycles. The van der Waals surface area contributed by atoms with Gasteiger partial charge in [0.2, 0.25) is 0 Å². The van der Waals surface area contributed by atoms with Crippen LogP contribution in [0, 0.1) is 0 Å². The standard InChI is InChI=1S/C10H18O3/c1-4-13-10(11)6-8-12-7-5-9(2)3/h2,4-8H2,1,3H3. The summed E-state index contributed by atoms with van der Waals surface area (Å²) in [5, 5.41) is 0. The van der Waals surface area contributed by atoms with Gasteiger partial charge in [0.15, 0.2) is 0 Å². The maximum absolute atomic E-state index is 10.8. The van der Waals surface area contributed by atoms with E-state index in [9.17, 15) is 4.79 Å². The summed E-state index contributed by atoms with van der Waals surface area (Å²) in [6, 6.07) is 0. The fraction of sp³-hybridized carbons (Fsp3) is 0.700. The number of rotatable bonds is 7. The van der Waals surface area contributed by atoms with Crippen molar-refractivity contribution < 1.29 is 14.3 Å². The van der Waals surface area contributed by atoms with E-state index in [-0.39, 0.29) is 5.97 Å². The predicted octanol–water partition coefficient (Wildman–Crippen LogP) is 1.92. The Morgan fingerprint density at radius 3 is 2.46 bits per heavy atom. The summed E-state index contributed by atoms with van der Waals surface area (Å²) in [6.07, 6.45) is 1.19. The molecule has 0 heterocycles. The quantitative estimate of drug-likeness (QED) is 0.346. The van der Waals surface area contributed by atoms with Crippen LogP contribution in [0.3, 0.4) is 0 Å². The Morgan fingerprint density at radius 1 is 1.31 bits per heavy atom. The van der Waals surface area contributed by atoms with Crippen molar-refractivity contribution in [2.24, 2.45) is 0 Å². The van der Waals surface area contributed by atoms with Gasteiger partial charge in [0, 0.05) is 0 Å². The van der Waals surface area contributed by atoms with Crippen LogP contribution in [-0.4, -0.2) is 25.8 Å². The normalized spacial score (nSPS) is 9.69. The van der Waals surface area contributed by atoms with E-state index in [0.29, 0.717) is 26.2 Å². The summed E-state index contributed by atoms with van der Waals surface area (Å²) in [5.41, 5.74) is 1.09. The lowest BCUT2D eigenvalue weighted by molar-refractivity contribution is -0.144. The highest BCUT2D eigenvalue weighted by molar-refractivity contribution is 5.69. The first-order valence-electron chi connectivity index (χ1n) is 4.54. The van der Waals surface area contributed by atoms with Crippen LogP contribution in [-0.2, 0) is 14.3 Å². The molecule has 0 aliphatic carbocycles. The first-order chi connectivity index (χ1) is 6.16. The van der Waals surface area contributed by atoms with Gasteiger partial charge in [0.05, 0.1) is 26.2 Å². The lowest BCUT2D eigenvalue weighted by Crippen LogP contribution is -2.08. The molecule has 0 saturated heterocycles. The van der Waals surface area contributed by atoms with Gasteiger partial charge in [-0.15, -0.1) is 6.58 Å². The number of hydrogen-bond donors (Lipinski definition) is 0. The van der Waals surface area contributed by atoms with Crippen molar-refractivity contribution in [2.75, 3.05) is 19.8 Å².